The van der Waals surface area contributed by atoms with Gasteiger partial charge in [-0.3, -0.25) is 0 Å². The number of benzene rings is 1. The van der Waals surface area contributed by atoms with Gasteiger partial charge in [0.1, 0.15) is 11.5 Å². The van der Waals surface area contributed by atoms with Crippen LogP contribution in [-0.2, 0) is 13.2 Å². The van der Waals surface area contributed by atoms with Crippen molar-refractivity contribution >= 4 is 11.3 Å². The van der Waals surface area contributed by atoms with Crippen molar-refractivity contribution in [2.45, 2.75) is 19.6 Å². The Labute approximate surface area is 160 Å². The molecule has 0 aliphatic heterocycles. The first kappa shape index (κ1) is 18.3. The summed E-state index contributed by atoms with van der Waals surface area (Å²) in [6.45, 7) is 0.0820. The maximum absolute atomic E-state index is 14.4. The Bertz CT molecular complexity index is 1110. The highest BCUT2D eigenvalue weighted by Crippen LogP contribution is 2.27. The summed E-state index contributed by atoms with van der Waals surface area (Å²) in [6, 6.07) is 7.77. The molecule has 0 atom stereocenters. The summed E-state index contributed by atoms with van der Waals surface area (Å²) in [4.78, 5) is 1.65. The molecule has 7 nitrogen and oxygen atoms in total. The van der Waals surface area contributed by atoms with Gasteiger partial charge in [0, 0.05) is 16.0 Å². The monoisotopic (exact) mass is 407 g/mol. The van der Waals surface area contributed by atoms with Gasteiger partial charge in [-0.1, -0.05) is 11.3 Å². The van der Waals surface area contributed by atoms with Crippen molar-refractivity contribution in [2.75, 3.05) is 0 Å². The van der Waals surface area contributed by atoms with E-state index in [1.165, 1.54) is 28.2 Å². The number of hydrogen-bond donors (Lipinski definition) is 1. The van der Waals surface area contributed by atoms with Crippen LogP contribution in [0.25, 0.3) is 22.0 Å². The molecule has 0 bridgehead atoms. The number of aromatic nitrogens is 5. The summed E-state index contributed by atoms with van der Waals surface area (Å²) >= 11 is 1.40. The van der Waals surface area contributed by atoms with Crippen molar-refractivity contribution < 1.29 is 22.7 Å². The van der Waals surface area contributed by atoms with Crippen molar-refractivity contribution in [1.29, 1.82) is 0 Å². The minimum absolute atomic E-state index is 0.0464. The third-order valence-corrected chi connectivity index (χ3v) is 4.96. The standard InChI is InChI=1S/C17H12F3N5O2S/c18-12-5-9(16-22-23-17(27-16)15(19)20)1-2-10(12)6-25-7-13(21-24-25)14-4-3-11(8-26)28-14/h1-5,7,15,26H,6,8H2. The number of nitrogens with zero attached hydrogens (tertiary/aromatic N) is 5. The molecule has 4 rings (SSSR count). The number of aliphatic hydroxyl groups is 1. The maximum atomic E-state index is 14.4. The zero-order valence-electron chi connectivity index (χ0n) is 14.1. The van der Waals surface area contributed by atoms with Crippen LogP contribution in [0.1, 0.15) is 22.8 Å². The first-order chi connectivity index (χ1) is 13.5. The molecule has 0 saturated carbocycles. The van der Waals surface area contributed by atoms with E-state index >= 15 is 0 Å². The quantitative estimate of drug-likeness (QED) is 0.525. The lowest BCUT2D eigenvalue weighted by molar-refractivity contribution is 0.116. The number of rotatable bonds is 6. The van der Waals surface area contributed by atoms with Crippen LogP contribution in [-0.4, -0.2) is 30.3 Å². The SMILES string of the molecule is OCc1ccc(-c2cn(Cc3ccc(-c4nnc(C(F)F)o4)cc3F)nn2)s1. The Morgan fingerprint density at radius 1 is 1.14 bits per heavy atom. The van der Waals surface area contributed by atoms with Crippen LogP contribution >= 0.6 is 11.3 Å². The lowest BCUT2D eigenvalue weighted by Gasteiger charge is -2.04. The first-order valence-corrected chi connectivity index (χ1v) is 8.85. The van der Waals surface area contributed by atoms with Crippen molar-refractivity contribution in [1.82, 2.24) is 25.2 Å². The van der Waals surface area contributed by atoms with E-state index < -0.39 is 18.1 Å². The Balaban J connectivity index is 1.52. The maximum Gasteiger partial charge on any atom is 0.314 e. The van der Waals surface area contributed by atoms with Crippen LogP contribution < -0.4 is 0 Å². The summed E-state index contributed by atoms with van der Waals surface area (Å²) in [6.07, 6.45) is -1.21. The highest BCUT2D eigenvalue weighted by atomic mass is 32.1. The third kappa shape index (κ3) is 3.66. The number of hydrogen-bond acceptors (Lipinski definition) is 7. The lowest BCUT2D eigenvalue weighted by Crippen LogP contribution is -2.03. The Morgan fingerprint density at radius 2 is 2.00 bits per heavy atom. The second-order valence-corrected chi connectivity index (χ2v) is 6.95. The van der Waals surface area contributed by atoms with Gasteiger partial charge in [0.2, 0.25) is 5.89 Å². The Kier molecular flexibility index (Phi) is 4.92. The van der Waals surface area contributed by atoms with Crippen molar-refractivity contribution in [3.05, 3.63) is 58.7 Å². The van der Waals surface area contributed by atoms with Gasteiger partial charge in [0.05, 0.1) is 24.2 Å². The van der Waals surface area contributed by atoms with E-state index in [0.717, 1.165) is 15.8 Å². The van der Waals surface area contributed by atoms with Crippen LogP contribution in [0.15, 0.2) is 40.9 Å². The van der Waals surface area contributed by atoms with Gasteiger partial charge >= 0.3 is 6.43 Å². The van der Waals surface area contributed by atoms with Gasteiger partial charge in [-0.25, -0.2) is 9.07 Å². The molecular weight excluding hydrogens is 395 g/mol. The molecule has 3 aromatic heterocycles. The van der Waals surface area contributed by atoms with Crippen LogP contribution in [0, 0.1) is 5.82 Å². The Hall–Kier alpha value is -3.05. The lowest BCUT2D eigenvalue weighted by atomic mass is 10.1. The highest BCUT2D eigenvalue weighted by molar-refractivity contribution is 7.15. The molecule has 0 unspecified atom stereocenters. The van der Waals surface area contributed by atoms with Gasteiger partial charge < -0.3 is 9.52 Å². The summed E-state index contributed by atoms with van der Waals surface area (Å²) in [5.74, 6) is -1.56. The number of aliphatic hydroxyl groups excluding tert-OH is 1. The van der Waals surface area contributed by atoms with E-state index in [0.29, 0.717) is 11.3 Å². The summed E-state index contributed by atoms with van der Waals surface area (Å²) in [5.41, 5.74) is 1.15. The van der Waals surface area contributed by atoms with Gasteiger partial charge in [0.15, 0.2) is 0 Å². The molecular formula is C17H12F3N5O2S. The largest absolute Gasteiger partial charge is 0.415 e. The molecule has 0 fully saturated rings. The number of thiophene rings is 1. The summed E-state index contributed by atoms with van der Waals surface area (Å²) in [5, 5.41) is 23.9. The van der Waals surface area contributed by atoms with E-state index in [-0.39, 0.29) is 24.6 Å². The molecule has 1 N–H and O–H groups in total. The van der Waals surface area contributed by atoms with Crippen LogP contribution in [0.2, 0.25) is 0 Å². The minimum atomic E-state index is -2.89. The summed E-state index contributed by atoms with van der Waals surface area (Å²) in [7, 11) is 0. The summed E-state index contributed by atoms with van der Waals surface area (Å²) < 4.78 is 45.8. The van der Waals surface area contributed by atoms with E-state index in [9.17, 15) is 13.2 Å². The minimum Gasteiger partial charge on any atom is -0.415 e. The second kappa shape index (κ2) is 7.52. The van der Waals surface area contributed by atoms with E-state index in [4.69, 9.17) is 9.52 Å². The van der Waals surface area contributed by atoms with Gasteiger partial charge in [-0.2, -0.15) is 8.78 Å². The molecule has 1 aromatic carbocycles. The fourth-order valence-corrected chi connectivity index (χ4v) is 3.33. The number of halogens is 3. The highest BCUT2D eigenvalue weighted by Gasteiger charge is 2.18. The molecule has 4 aromatic rings. The second-order valence-electron chi connectivity index (χ2n) is 5.78. The predicted molar refractivity (Wildman–Crippen MR) is 93.0 cm³/mol. The van der Waals surface area contributed by atoms with Gasteiger partial charge in [0.25, 0.3) is 5.89 Å². The topological polar surface area (TPSA) is 89.9 Å². The molecule has 3 heterocycles. The molecule has 0 saturated heterocycles. The van der Waals surface area contributed by atoms with Crippen LogP contribution in [0.3, 0.4) is 0 Å². The normalized spacial score (nSPS) is 11.5. The smallest absolute Gasteiger partial charge is 0.314 e. The van der Waals surface area contributed by atoms with Crippen LogP contribution in [0.4, 0.5) is 13.2 Å². The predicted octanol–water partition coefficient (Wildman–Crippen LogP) is 3.67. The molecule has 0 amide bonds. The van der Waals surface area contributed by atoms with E-state index in [1.807, 2.05) is 6.07 Å². The van der Waals surface area contributed by atoms with Crippen LogP contribution in [0.5, 0.6) is 0 Å². The Morgan fingerprint density at radius 3 is 2.68 bits per heavy atom. The fourth-order valence-electron chi connectivity index (χ4n) is 2.51. The van der Waals surface area contributed by atoms with Gasteiger partial charge in [-0.15, -0.1) is 26.6 Å². The van der Waals surface area contributed by atoms with E-state index in [2.05, 4.69) is 20.5 Å². The average Bonchev–Trinajstić information content (AvgIpc) is 3.43. The van der Waals surface area contributed by atoms with E-state index in [1.54, 1.807) is 12.3 Å². The number of alkyl halides is 2. The molecule has 144 valence electrons. The molecule has 28 heavy (non-hydrogen) atoms. The van der Waals surface area contributed by atoms with Crippen molar-refractivity contribution in [2.24, 2.45) is 0 Å². The molecule has 11 heteroatoms. The molecule has 0 aliphatic rings. The average molecular weight is 407 g/mol. The van der Waals surface area contributed by atoms with Crippen molar-refractivity contribution in [3.8, 4) is 22.0 Å². The molecule has 0 spiro atoms. The fraction of sp³-hybridized carbons (Fsp3) is 0.176. The molecule has 0 radical (unpaired) electrons. The van der Waals surface area contributed by atoms with Crippen molar-refractivity contribution in [3.63, 3.8) is 0 Å². The zero-order chi connectivity index (χ0) is 19.7. The third-order valence-electron chi connectivity index (χ3n) is 3.87. The zero-order valence-corrected chi connectivity index (χ0v) is 14.9. The first-order valence-electron chi connectivity index (χ1n) is 8.04. The van der Waals surface area contributed by atoms with Gasteiger partial charge in [-0.05, 0) is 24.3 Å². The molecule has 0 aliphatic carbocycles.